The third-order valence-corrected chi connectivity index (χ3v) is 9.50. The van der Waals surface area contributed by atoms with Gasteiger partial charge >= 0.3 is 12.1 Å². The van der Waals surface area contributed by atoms with Crippen molar-refractivity contribution in [2.75, 3.05) is 21.3 Å². The number of methoxy groups -OCH3 is 2. The summed E-state index contributed by atoms with van der Waals surface area (Å²) in [5.74, 6) is -0.716. The molecule has 2 aliphatic heterocycles. The highest BCUT2D eigenvalue weighted by Crippen LogP contribution is 2.40. The third kappa shape index (κ3) is 9.81. The first-order chi connectivity index (χ1) is 22.0. The molecule has 2 fully saturated rings. The molecule has 8 atom stereocenters. The molecule has 2 saturated heterocycles. The Kier molecular flexibility index (Phi) is 13.1. The lowest BCUT2D eigenvalue weighted by Crippen LogP contribution is -2.61. The van der Waals surface area contributed by atoms with Gasteiger partial charge in [0.2, 0.25) is 5.91 Å². The Morgan fingerprint density at radius 3 is 2.45 bits per heavy atom. The molecular weight excluding hydrogens is 628 g/mol. The average Bonchev–Trinajstić information content (AvgIpc) is 3.79. The number of benzene rings is 1. The predicted molar refractivity (Wildman–Crippen MR) is 177 cm³/mol. The Morgan fingerprint density at radius 2 is 1.85 bits per heavy atom. The Balaban J connectivity index is 1.69. The molecule has 1 aromatic carbocycles. The molecule has 1 N–H and O–H groups in total. The van der Waals surface area contributed by atoms with Gasteiger partial charge in [-0.15, -0.1) is 0 Å². The van der Waals surface area contributed by atoms with Crippen molar-refractivity contribution in [2.45, 2.75) is 110 Å². The molecule has 260 valence electrons. The molecule has 3 rings (SSSR count). The number of likely N-dealkylation sites (N-methyl/N-ethyl adjacent to an activating group) is 1. The fourth-order valence-corrected chi connectivity index (χ4v) is 6.15. The van der Waals surface area contributed by atoms with Crippen LogP contribution in [0.15, 0.2) is 35.9 Å². The minimum Gasteiger partial charge on any atom is -0.495 e. The number of hydrogen-bond donors (Lipinski definition) is 1. The van der Waals surface area contributed by atoms with E-state index >= 15 is 0 Å². The van der Waals surface area contributed by atoms with Gasteiger partial charge in [0.05, 0.1) is 29.9 Å². The zero-order chi connectivity index (χ0) is 35.2. The molecule has 0 spiro atoms. The number of nitrogens with zero attached hydrogens (tertiary/aromatic N) is 1. The lowest BCUT2D eigenvalue weighted by molar-refractivity contribution is -0.159. The fourth-order valence-electron chi connectivity index (χ4n) is 5.96. The number of epoxide rings is 1. The van der Waals surface area contributed by atoms with E-state index in [1.165, 1.54) is 25.8 Å². The summed E-state index contributed by atoms with van der Waals surface area (Å²) in [4.78, 5) is 50.7. The van der Waals surface area contributed by atoms with Crippen molar-refractivity contribution in [3.05, 3.63) is 52.1 Å². The van der Waals surface area contributed by atoms with Crippen LogP contribution in [0.5, 0.6) is 5.75 Å². The maximum Gasteiger partial charge on any atom is 0.407 e. The molecule has 0 radical (unpaired) electrons. The van der Waals surface area contributed by atoms with E-state index in [4.69, 9.17) is 35.3 Å². The Labute approximate surface area is 282 Å². The zero-order valence-corrected chi connectivity index (χ0v) is 29.8. The second-order valence-electron chi connectivity index (χ2n) is 13.0. The number of rotatable bonds is 15. The first kappa shape index (κ1) is 38.0. The summed E-state index contributed by atoms with van der Waals surface area (Å²) in [6.07, 6.45) is 3.52. The van der Waals surface area contributed by atoms with Gasteiger partial charge in [-0.25, -0.2) is 9.59 Å². The van der Waals surface area contributed by atoms with Gasteiger partial charge < -0.3 is 33.9 Å². The summed E-state index contributed by atoms with van der Waals surface area (Å²) >= 11 is 6.32. The highest BCUT2D eigenvalue weighted by Gasteiger charge is 2.55. The maximum absolute atomic E-state index is 12.8. The SMILES string of the molecule is COc1cc(C/C(C)=C/C=C/[C@@H](OC)[C@@]2(C)CC([C@@H](C)C3OC3[C@H](CC(C)=O)OC(=O)[C@H](C)N(C)C(C)=O)OC(=O)N2)cc(C)c1Cl. The molecule has 2 amide bonds. The van der Waals surface area contributed by atoms with Crippen LogP contribution in [0.1, 0.15) is 65.5 Å². The summed E-state index contributed by atoms with van der Waals surface area (Å²) < 4.78 is 28.6. The van der Waals surface area contributed by atoms with Crippen molar-refractivity contribution >= 4 is 35.4 Å². The topological polar surface area (TPSA) is 133 Å². The number of ether oxygens (including phenoxy) is 5. The largest absolute Gasteiger partial charge is 0.495 e. The van der Waals surface area contributed by atoms with Gasteiger partial charge in [-0.05, 0) is 58.2 Å². The molecular formula is C35H49ClN2O9. The van der Waals surface area contributed by atoms with Crippen molar-refractivity contribution in [1.29, 1.82) is 0 Å². The summed E-state index contributed by atoms with van der Waals surface area (Å²) in [5.41, 5.74) is 2.33. The van der Waals surface area contributed by atoms with Gasteiger partial charge in [0.15, 0.2) is 0 Å². The number of ketones is 1. The number of amides is 2. The molecule has 0 aliphatic carbocycles. The number of Topliss-reactive ketones (excluding diaryl/α,β-unsaturated/α-hetero) is 1. The smallest absolute Gasteiger partial charge is 0.407 e. The molecule has 11 nitrogen and oxygen atoms in total. The number of allylic oxidation sites excluding steroid dienone is 3. The van der Waals surface area contributed by atoms with Crippen LogP contribution in [0, 0.1) is 12.8 Å². The quantitative estimate of drug-likeness (QED) is 0.152. The van der Waals surface area contributed by atoms with Gasteiger partial charge in [-0.3, -0.25) is 9.59 Å². The molecule has 0 aromatic heterocycles. The Bertz CT molecular complexity index is 1400. The van der Waals surface area contributed by atoms with Crippen molar-refractivity contribution in [3.63, 3.8) is 0 Å². The molecule has 2 aliphatic rings. The van der Waals surface area contributed by atoms with Crippen LogP contribution in [0.4, 0.5) is 4.79 Å². The van der Waals surface area contributed by atoms with Gasteiger partial charge in [0, 0.05) is 39.8 Å². The van der Waals surface area contributed by atoms with Crippen LogP contribution < -0.4 is 10.1 Å². The summed E-state index contributed by atoms with van der Waals surface area (Å²) in [7, 11) is 4.69. The van der Waals surface area contributed by atoms with E-state index in [2.05, 4.69) is 5.32 Å². The average molecular weight is 677 g/mol. The molecule has 1 aromatic rings. The molecule has 2 heterocycles. The predicted octanol–water partition coefficient (Wildman–Crippen LogP) is 5.14. The molecule has 12 heteroatoms. The van der Waals surface area contributed by atoms with Crippen LogP contribution in [0.25, 0.3) is 0 Å². The number of halogens is 1. The van der Waals surface area contributed by atoms with E-state index in [0.29, 0.717) is 23.6 Å². The van der Waals surface area contributed by atoms with E-state index in [9.17, 15) is 19.2 Å². The van der Waals surface area contributed by atoms with Crippen molar-refractivity contribution < 1.29 is 42.9 Å². The molecule has 47 heavy (non-hydrogen) atoms. The van der Waals surface area contributed by atoms with Crippen LogP contribution in [-0.2, 0) is 39.8 Å². The molecule has 0 saturated carbocycles. The minimum atomic E-state index is -0.832. The number of cyclic esters (lactones) is 1. The van der Waals surface area contributed by atoms with E-state index in [-0.39, 0.29) is 24.0 Å². The van der Waals surface area contributed by atoms with Crippen LogP contribution in [0.2, 0.25) is 5.02 Å². The van der Waals surface area contributed by atoms with E-state index < -0.39 is 54.2 Å². The second-order valence-corrected chi connectivity index (χ2v) is 13.3. The molecule has 0 bridgehead atoms. The second kappa shape index (κ2) is 16.1. The summed E-state index contributed by atoms with van der Waals surface area (Å²) in [5, 5.41) is 3.54. The zero-order valence-electron chi connectivity index (χ0n) is 29.0. The first-order valence-corrected chi connectivity index (χ1v) is 16.2. The van der Waals surface area contributed by atoms with Crippen molar-refractivity contribution in [2.24, 2.45) is 5.92 Å². The normalized spacial score (nSPS) is 25.2. The standard InChI is InChI=1S/C35H49ClN2O9/c1-19(14-25-15-20(2)30(36)26(17-25)43-9)12-11-13-29(44-10)35(7)18-28(46-34(42)37-35)22(4)31-32(47-31)27(16-21(3)39)45-33(41)23(5)38(8)24(6)40/h11-13,15,17,22-23,27-29,31-32H,14,16,18H2,1-10H3,(H,37,42)/b13-11+,19-12+/t22-,23+,27+,28?,29-,31?,32?,35-/m1/s1. The van der Waals surface area contributed by atoms with Crippen molar-refractivity contribution in [3.8, 4) is 5.75 Å². The van der Waals surface area contributed by atoms with Crippen LogP contribution >= 0.6 is 11.6 Å². The lowest BCUT2D eigenvalue weighted by Gasteiger charge is -2.43. The number of alkyl carbamates (subject to hydrolysis) is 1. The lowest BCUT2D eigenvalue weighted by atomic mass is 9.81. The van der Waals surface area contributed by atoms with Gasteiger partial charge in [0.1, 0.15) is 35.9 Å². The Hall–Kier alpha value is -3.41. The number of aryl methyl sites for hydroxylation is 1. The molecule has 3 unspecified atom stereocenters. The minimum absolute atomic E-state index is 0.0332. The third-order valence-electron chi connectivity index (χ3n) is 9.01. The maximum atomic E-state index is 12.8. The summed E-state index contributed by atoms with van der Waals surface area (Å²) in [6, 6.07) is 3.14. The van der Waals surface area contributed by atoms with Gasteiger partial charge in [-0.2, -0.15) is 0 Å². The van der Waals surface area contributed by atoms with E-state index in [0.717, 1.165) is 16.7 Å². The highest BCUT2D eigenvalue weighted by molar-refractivity contribution is 6.32. The highest BCUT2D eigenvalue weighted by atomic mass is 35.5. The number of nitrogens with one attached hydrogen (secondary N) is 1. The number of hydrogen-bond acceptors (Lipinski definition) is 9. The Morgan fingerprint density at radius 1 is 1.17 bits per heavy atom. The summed E-state index contributed by atoms with van der Waals surface area (Å²) in [6.45, 7) is 12.1. The van der Waals surface area contributed by atoms with E-state index in [1.54, 1.807) is 21.1 Å². The van der Waals surface area contributed by atoms with Gasteiger partial charge in [-0.1, -0.05) is 48.4 Å². The van der Waals surface area contributed by atoms with E-state index in [1.807, 2.05) is 58.1 Å². The number of carbonyl (C=O) groups excluding carboxylic acids is 4. The van der Waals surface area contributed by atoms with Crippen LogP contribution in [-0.4, -0.2) is 92.0 Å². The number of esters is 1. The first-order valence-electron chi connectivity index (χ1n) is 15.8. The van der Waals surface area contributed by atoms with Crippen LogP contribution in [0.3, 0.4) is 0 Å². The monoisotopic (exact) mass is 676 g/mol. The van der Waals surface area contributed by atoms with Gasteiger partial charge in [0.25, 0.3) is 0 Å². The fraction of sp³-hybridized carbons (Fsp3) is 0.600. The van der Waals surface area contributed by atoms with Crippen molar-refractivity contribution in [1.82, 2.24) is 10.2 Å². The number of carbonyl (C=O) groups is 4.